The Hall–Kier alpha value is -1.22. The molecular weight excluding hydrogens is 178 g/mol. The summed E-state index contributed by atoms with van der Waals surface area (Å²) in [4.78, 5) is 2.14. The van der Waals surface area contributed by atoms with Crippen LogP contribution in [0.1, 0.15) is 5.56 Å². The van der Waals surface area contributed by atoms with E-state index in [1.54, 1.807) is 6.07 Å². The first kappa shape index (κ1) is 9.34. The van der Waals surface area contributed by atoms with Gasteiger partial charge in [0.25, 0.3) is 0 Å². The summed E-state index contributed by atoms with van der Waals surface area (Å²) in [6, 6.07) is 5.64. The molecule has 1 unspecified atom stereocenters. The second kappa shape index (κ2) is 3.50. The Kier molecular flexibility index (Phi) is 2.33. The number of likely N-dealkylation sites (N-methyl/N-ethyl adjacent to an activating group) is 1. The third-order valence-corrected chi connectivity index (χ3v) is 2.50. The van der Waals surface area contributed by atoms with Crippen molar-refractivity contribution < 1.29 is 9.84 Å². The number of ether oxygens (including phenoxy) is 1. The maximum atomic E-state index is 9.38. The molecule has 3 nitrogen and oxygen atoms in total. The second-order valence-corrected chi connectivity index (χ2v) is 3.81. The van der Waals surface area contributed by atoms with Gasteiger partial charge in [0.1, 0.15) is 5.75 Å². The van der Waals surface area contributed by atoms with Gasteiger partial charge in [0, 0.05) is 19.3 Å². The number of aryl methyl sites for hydroxylation is 1. The molecule has 1 aliphatic heterocycles. The highest BCUT2D eigenvalue weighted by molar-refractivity contribution is 5.52. The van der Waals surface area contributed by atoms with E-state index in [9.17, 15) is 5.11 Å². The van der Waals surface area contributed by atoms with Crippen molar-refractivity contribution in [2.45, 2.75) is 13.0 Å². The van der Waals surface area contributed by atoms with Crippen molar-refractivity contribution in [1.29, 1.82) is 0 Å². The van der Waals surface area contributed by atoms with Crippen molar-refractivity contribution in [3.8, 4) is 5.75 Å². The van der Waals surface area contributed by atoms with Crippen LogP contribution in [0, 0.1) is 6.92 Å². The molecular formula is C11H15NO2. The van der Waals surface area contributed by atoms with Gasteiger partial charge in [0.05, 0.1) is 12.7 Å². The molecule has 0 amide bonds. The molecule has 1 saturated heterocycles. The van der Waals surface area contributed by atoms with E-state index in [4.69, 9.17) is 4.74 Å². The fourth-order valence-electron chi connectivity index (χ4n) is 1.46. The van der Waals surface area contributed by atoms with E-state index in [0.29, 0.717) is 11.9 Å². The molecule has 1 aromatic carbocycles. The fraction of sp³-hybridized carbons (Fsp3) is 0.455. The highest BCUT2D eigenvalue weighted by Gasteiger charge is 2.24. The Morgan fingerprint density at radius 3 is 2.86 bits per heavy atom. The van der Waals surface area contributed by atoms with Crippen molar-refractivity contribution in [2.75, 3.05) is 25.1 Å². The van der Waals surface area contributed by atoms with Gasteiger partial charge < -0.3 is 14.7 Å². The first-order chi connectivity index (χ1) is 6.66. The van der Waals surface area contributed by atoms with Gasteiger partial charge >= 0.3 is 0 Å². The molecule has 76 valence electrons. The largest absolute Gasteiger partial charge is 0.508 e. The molecule has 0 aromatic heterocycles. The van der Waals surface area contributed by atoms with Crippen molar-refractivity contribution in [2.24, 2.45) is 0 Å². The fourth-order valence-corrected chi connectivity index (χ4v) is 1.46. The van der Waals surface area contributed by atoms with Crippen LogP contribution in [0.25, 0.3) is 0 Å². The standard InChI is InChI=1S/C11H15NO2/c1-8-5-9(3-4-11(8)13)12(2)6-10-7-14-10/h3-5,10,13H,6-7H2,1-2H3. The molecule has 1 heterocycles. The van der Waals surface area contributed by atoms with Gasteiger partial charge in [-0.2, -0.15) is 0 Å². The smallest absolute Gasteiger partial charge is 0.118 e. The summed E-state index contributed by atoms with van der Waals surface area (Å²) >= 11 is 0. The molecule has 1 aromatic rings. The first-order valence-electron chi connectivity index (χ1n) is 4.79. The van der Waals surface area contributed by atoms with Crippen molar-refractivity contribution in [3.63, 3.8) is 0 Å². The van der Waals surface area contributed by atoms with E-state index in [0.717, 1.165) is 24.4 Å². The topological polar surface area (TPSA) is 36.0 Å². The lowest BCUT2D eigenvalue weighted by Gasteiger charge is -2.18. The Morgan fingerprint density at radius 2 is 2.29 bits per heavy atom. The van der Waals surface area contributed by atoms with Gasteiger partial charge in [0.2, 0.25) is 0 Å². The van der Waals surface area contributed by atoms with Crippen LogP contribution >= 0.6 is 0 Å². The molecule has 2 rings (SSSR count). The summed E-state index contributed by atoms with van der Waals surface area (Å²) in [7, 11) is 2.04. The summed E-state index contributed by atoms with van der Waals surface area (Å²) in [5, 5.41) is 9.38. The Balaban J connectivity index is 2.10. The van der Waals surface area contributed by atoms with E-state index >= 15 is 0 Å². The number of phenolic OH excluding ortho intramolecular Hbond substituents is 1. The van der Waals surface area contributed by atoms with E-state index < -0.39 is 0 Å². The normalized spacial score (nSPS) is 19.4. The lowest BCUT2D eigenvalue weighted by molar-refractivity contribution is 0.410. The van der Waals surface area contributed by atoms with Crippen molar-refractivity contribution >= 4 is 5.69 Å². The Bertz CT molecular complexity index is 334. The molecule has 0 spiro atoms. The summed E-state index contributed by atoms with van der Waals surface area (Å²) in [5.74, 6) is 0.352. The molecule has 0 aliphatic carbocycles. The number of hydrogen-bond donors (Lipinski definition) is 1. The van der Waals surface area contributed by atoms with Crippen LogP contribution in [-0.4, -0.2) is 31.4 Å². The van der Waals surface area contributed by atoms with E-state index in [1.807, 2.05) is 26.1 Å². The zero-order chi connectivity index (χ0) is 10.1. The third kappa shape index (κ3) is 1.99. The number of hydrogen-bond acceptors (Lipinski definition) is 3. The van der Waals surface area contributed by atoms with Gasteiger partial charge in [-0.1, -0.05) is 0 Å². The van der Waals surface area contributed by atoms with Crippen LogP contribution in [0.3, 0.4) is 0 Å². The quantitative estimate of drug-likeness (QED) is 0.740. The van der Waals surface area contributed by atoms with E-state index in [2.05, 4.69) is 4.90 Å². The average molecular weight is 193 g/mol. The number of anilines is 1. The third-order valence-electron chi connectivity index (χ3n) is 2.50. The number of phenols is 1. The highest BCUT2D eigenvalue weighted by atomic mass is 16.6. The molecule has 14 heavy (non-hydrogen) atoms. The van der Waals surface area contributed by atoms with Crippen LogP contribution in [0.4, 0.5) is 5.69 Å². The van der Waals surface area contributed by atoms with Crippen LogP contribution in [0.15, 0.2) is 18.2 Å². The SMILES string of the molecule is Cc1cc(N(C)CC2CO2)ccc1O. The lowest BCUT2D eigenvalue weighted by Crippen LogP contribution is -2.22. The van der Waals surface area contributed by atoms with E-state index in [1.165, 1.54) is 0 Å². The number of aromatic hydroxyl groups is 1. The summed E-state index contributed by atoms with van der Waals surface area (Å²) in [5.41, 5.74) is 2.03. The van der Waals surface area contributed by atoms with Crippen molar-refractivity contribution in [3.05, 3.63) is 23.8 Å². The maximum absolute atomic E-state index is 9.38. The summed E-state index contributed by atoms with van der Waals surface area (Å²) < 4.78 is 5.16. The first-order valence-corrected chi connectivity index (χ1v) is 4.79. The van der Waals surface area contributed by atoms with Crippen molar-refractivity contribution in [1.82, 2.24) is 0 Å². The summed E-state index contributed by atoms with van der Waals surface area (Å²) in [6.07, 6.45) is 0.397. The van der Waals surface area contributed by atoms with Crippen LogP contribution in [-0.2, 0) is 4.74 Å². The van der Waals surface area contributed by atoms with Gasteiger partial charge in [-0.3, -0.25) is 0 Å². The number of benzene rings is 1. The summed E-state index contributed by atoms with van der Waals surface area (Å²) in [6.45, 7) is 3.70. The zero-order valence-corrected chi connectivity index (χ0v) is 8.53. The molecule has 0 radical (unpaired) electrons. The number of nitrogens with zero attached hydrogens (tertiary/aromatic N) is 1. The van der Waals surface area contributed by atoms with Crippen LogP contribution < -0.4 is 4.90 Å². The van der Waals surface area contributed by atoms with E-state index in [-0.39, 0.29) is 0 Å². The molecule has 1 aliphatic rings. The predicted molar refractivity (Wildman–Crippen MR) is 55.9 cm³/mol. The molecule has 0 saturated carbocycles. The van der Waals surface area contributed by atoms with Crippen LogP contribution in [0.5, 0.6) is 5.75 Å². The average Bonchev–Trinajstić information content (AvgIpc) is 2.93. The maximum Gasteiger partial charge on any atom is 0.118 e. The zero-order valence-electron chi connectivity index (χ0n) is 8.53. The minimum Gasteiger partial charge on any atom is -0.508 e. The monoisotopic (exact) mass is 193 g/mol. The molecule has 1 atom stereocenters. The minimum absolute atomic E-state index is 0.352. The molecule has 1 N–H and O–H groups in total. The number of epoxide rings is 1. The highest BCUT2D eigenvalue weighted by Crippen LogP contribution is 2.23. The Morgan fingerprint density at radius 1 is 1.57 bits per heavy atom. The van der Waals surface area contributed by atoms with Gasteiger partial charge in [-0.05, 0) is 30.7 Å². The molecule has 1 fully saturated rings. The van der Waals surface area contributed by atoms with Crippen LogP contribution in [0.2, 0.25) is 0 Å². The molecule has 0 bridgehead atoms. The van der Waals surface area contributed by atoms with Gasteiger partial charge in [-0.25, -0.2) is 0 Å². The predicted octanol–water partition coefficient (Wildman–Crippen LogP) is 1.54. The van der Waals surface area contributed by atoms with Gasteiger partial charge in [0.15, 0.2) is 0 Å². The minimum atomic E-state index is 0.352. The lowest BCUT2D eigenvalue weighted by atomic mass is 10.2. The Labute approximate surface area is 83.9 Å². The number of rotatable bonds is 3. The molecule has 3 heteroatoms. The second-order valence-electron chi connectivity index (χ2n) is 3.81. The van der Waals surface area contributed by atoms with Gasteiger partial charge in [-0.15, -0.1) is 0 Å².